The smallest absolute Gasteiger partial charge is 0.278 e. The fourth-order valence-corrected chi connectivity index (χ4v) is 4.72. The van der Waals surface area contributed by atoms with Gasteiger partial charge < -0.3 is 14.4 Å². The summed E-state index contributed by atoms with van der Waals surface area (Å²) in [5, 5.41) is 0. The highest BCUT2D eigenvalue weighted by Crippen LogP contribution is 2.40. The lowest BCUT2D eigenvalue weighted by Gasteiger charge is -2.22. The third-order valence-corrected chi connectivity index (χ3v) is 6.44. The number of imide groups is 1. The summed E-state index contributed by atoms with van der Waals surface area (Å²) in [6.45, 7) is 0.967. The molecule has 3 aromatic rings. The Bertz CT molecular complexity index is 1280. The Morgan fingerprint density at radius 1 is 0.824 bits per heavy atom. The van der Waals surface area contributed by atoms with Crippen LogP contribution >= 0.6 is 0 Å². The van der Waals surface area contributed by atoms with Crippen molar-refractivity contribution in [2.45, 2.75) is 12.8 Å². The van der Waals surface area contributed by atoms with Crippen LogP contribution in [0.5, 0.6) is 11.5 Å². The number of ether oxygens (including phenoxy) is 2. The van der Waals surface area contributed by atoms with E-state index in [1.54, 1.807) is 26.4 Å². The molecule has 6 nitrogen and oxygen atoms in total. The van der Waals surface area contributed by atoms with Crippen LogP contribution in [0, 0.1) is 0 Å². The van der Waals surface area contributed by atoms with Crippen molar-refractivity contribution in [2.24, 2.45) is 0 Å². The van der Waals surface area contributed by atoms with E-state index in [0.717, 1.165) is 17.7 Å². The molecule has 0 saturated heterocycles. The quantitative estimate of drug-likeness (QED) is 0.504. The molecule has 0 spiro atoms. The van der Waals surface area contributed by atoms with Crippen molar-refractivity contribution < 1.29 is 19.1 Å². The largest absolute Gasteiger partial charge is 0.493 e. The molecule has 3 aromatic carbocycles. The van der Waals surface area contributed by atoms with Crippen LogP contribution in [0.1, 0.15) is 16.7 Å². The van der Waals surface area contributed by atoms with E-state index < -0.39 is 0 Å². The van der Waals surface area contributed by atoms with E-state index in [4.69, 9.17) is 9.47 Å². The summed E-state index contributed by atoms with van der Waals surface area (Å²) in [4.78, 5) is 30.8. The summed E-state index contributed by atoms with van der Waals surface area (Å²) in [5.74, 6) is 0.532. The Balaban J connectivity index is 1.58. The molecule has 5 rings (SSSR count). The van der Waals surface area contributed by atoms with Gasteiger partial charge in [0.1, 0.15) is 5.70 Å². The third kappa shape index (κ3) is 3.71. The van der Waals surface area contributed by atoms with Gasteiger partial charge in [0.15, 0.2) is 11.5 Å². The number of hydrogen-bond donors (Lipinski definition) is 0. The zero-order chi connectivity index (χ0) is 23.7. The van der Waals surface area contributed by atoms with Gasteiger partial charge in [-0.1, -0.05) is 54.6 Å². The van der Waals surface area contributed by atoms with Gasteiger partial charge in [-0.05, 0) is 47.7 Å². The van der Waals surface area contributed by atoms with Gasteiger partial charge in [0.2, 0.25) is 0 Å². The van der Waals surface area contributed by atoms with Crippen LogP contribution in [-0.4, -0.2) is 44.0 Å². The van der Waals surface area contributed by atoms with E-state index in [9.17, 15) is 9.59 Å². The second-order valence-corrected chi connectivity index (χ2v) is 8.32. The Morgan fingerprint density at radius 2 is 1.56 bits per heavy atom. The Kier molecular flexibility index (Phi) is 5.80. The van der Waals surface area contributed by atoms with Crippen molar-refractivity contribution >= 4 is 23.1 Å². The molecule has 34 heavy (non-hydrogen) atoms. The molecule has 0 N–H and O–H groups in total. The van der Waals surface area contributed by atoms with Gasteiger partial charge in [-0.2, -0.15) is 0 Å². The number of hydrogen-bond acceptors (Lipinski definition) is 5. The molecule has 0 saturated carbocycles. The predicted molar refractivity (Wildman–Crippen MR) is 131 cm³/mol. The molecule has 2 aliphatic heterocycles. The standard InChI is InChI=1S/C28H26N2O4/c1-33-23-13-12-21(18-24(23)34-2)25-26(29-17-15-20-10-6-7-11-22(20)29)28(32)30(27(25)31)16-14-19-8-4-3-5-9-19/h3-13,18H,14-17H2,1-2H3. The maximum absolute atomic E-state index is 13.7. The number of para-hydroxylation sites is 1. The molecule has 0 aromatic heterocycles. The first kappa shape index (κ1) is 21.8. The normalized spacial score (nSPS) is 15.2. The Morgan fingerprint density at radius 3 is 2.32 bits per heavy atom. The lowest BCUT2D eigenvalue weighted by atomic mass is 10.0. The van der Waals surface area contributed by atoms with E-state index in [1.165, 1.54) is 10.5 Å². The number of carbonyl (C=O) groups is 2. The average Bonchev–Trinajstić information content (AvgIpc) is 3.40. The number of benzene rings is 3. The highest BCUT2D eigenvalue weighted by atomic mass is 16.5. The van der Waals surface area contributed by atoms with Crippen molar-refractivity contribution in [3.05, 3.63) is 95.2 Å². The van der Waals surface area contributed by atoms with E-state index in [0.29, 0.717) is 47.8 Å². The highest BCUT2D eigenvalue weighted by Gasteiger charge is 2.43. The number of methoxy groups -OCH3 is 2. The van der Waals surface area contributed by atoms with E-state index in [-0.39, 0.29) is 11.8 Å². The summed E-state index contributed by atoms with van der Waals surface area (Å²) >= 11 is 0. The van der Waals surface area contributed by atoms with Crippen molar-refractivity contribution in [2.75, 3.05) is 32.2 Å². The molecule has 172 valence electrons. The van der Waals surface area contributed by atoms with Crippen LogP contribution < -0.4 is 14.4 Å². The first-order chi connectivity index (χ1) is 16.6. The molecule has 0 unspecified atom stereocenters. The van der Waals surface area contributed by atoms with Crippen LogP contribution in [-0.2, 0) is 22.4 Å². The van der Waals surface area contributed by atoms with Gasteiger partial charge in [-0.15, -0.1) is 0 Å². The van der Waals surface area contributed by atoms with Crippen LogP contribution in [0.25, 0.3) is 5.57 Å². The van der Waals surface area contributed by atoms with Crippen molar-refractivity contribution in [1.29, 1.82) is 0 Å². The van der Waals surface area contributed by atoms with Gasteiger partial charge in [0.05, 0.1) is 19.8 Å². The van der Waals surface area contributed by atoms with Crippen molar-refractivity contribution in [1.82, 2.24) is 4.90 Å². The summed E-state index contributed by atoms with van der Waals surface area (Å²) < 4.78 is 10.8. The van der Waals surface area contributed by atoms with Crippen LogP contribution in [0.15, 0.2) is 78.5 Å². The zero-order valence-corrected chi connectivity index (χ0v) is 19.3. The SMILES string of the molecule is COc1ccc(C2=C(N3CCc4ccccc43)C(=O)N(CCc3ccccc3)C2=O)cc1OC. The molecule has 0 radical (unpaired) electrons. The monoisotopic (exact) mass is 454 g/mol. The topological polar surface area (TPSA) is 59.1 Å². The van der Waals surface area contributed by atoms with E-state index >= 15 is 0 Å². The molecule has 2 amide bonds. The van der Waals surface area contributed by atoms with Gasteiger partial charge in [0.25, 0.3) is 11.8 Å². The molecule has 0 aliphatic carbocycles. The van der Waals surface area contributed by atoms with Crippen LogP contribution in [0.2, 0.25) is 0 Å². The van der Waals surface area contributed by atoms with Gasteiger partial charge in [-0.25, -0.2) is 0 Å². The lowest BCUT2D eigenvalue weighted by molar-refractivity contribution is -0.136. The summed E-state index contributed by atoms with van der Waals surface area (Å²) in [5.41, 5.74) is 4.69. The lowest BCUT2D eigenvalue weighted by Crippen LogP contribution is -2.36. The van der Waals surface area contributed by atoms with Gasteiger partial charge >= 0.3 is 0 Å². The average molecular weight is 455 g/mol. The molecule has 0 atom stereocenters. The molecule has 0 bridgehead atoms. The van der Waals surface area contributed by atoms with Gasteiger partial charge in [-0.3, -0.25) is 14.5 Å². The van der Waals surface area contributed by atoms with Crippen LogP contribution in [0.3, 0.4) is 0 Å². The molecule has 2 heterocycles. The Hall–Kier alpha value is -4.06. The minimum atomic E-state index is -0.285. The molecule has 6 heteroatoms. The number of amides is 2. The maximum Gasteiger partial charge on any atom is 0.278 e. The highest BCUT2D eigenvalue weighted by molar-refractivity contribution is 6.36. The molecular weight excluding hydrogens is 428 g/mol. The fourth-order valence-electron chi connectivity index (χ4n) is 4.72. The molecule has 2 aliphatic rings. The van der Waals surface area contributed by atoms with Gasteiger partial charge in [0, 0.05) is 18.8 Å². The number of rotatable bonds is 7. The van der Waals surface area contributed by atoms with Crippen molar-refractivity contribution in [3.8, 4) is 11.5 Å². The first-order valence-electron chi connectivity index (χ1n) is 11.3. The van der Waals surface area contributed by atoms with E-state index in [2.05, 4.69) is 6.07 Å². The summed E-state index contributed by atoms with van der Waals surface area (Å²) in [6.07, 6.45) is 1.42. The van der Waals surface area contributed by atoms with E-state index in [1.807, 2.05) is 59.5 Å². The number of anilines is 1. The number of carbonyl (C=O) groups excluding carboxylic acids is 2. The third-order valence-electron chi connectivity index (χ3n) is 6.44. The zero-order valence-electron chi connectivity index (χ0n) is 19.3. The number of nitrogens with zero attached hydrogens (tertiary/aromatic N) is 2. The van der Waals surface area contributed by atoms with Crippen LogP contribution in [0.4, 0.5) is 5.69 Å². The second-order valence-electron chi connectivity index (χ2n) is 8.32. The minimum Gasteiger partial charge on any atom is -0.493 e. The fraction of sp³-hybridized carbons (Fsp3) is 0.214. The first-order valence-corrected chi connectivity index (χ1v) is 11.3. The molecular formula is C28H26N2O4. The maximum atomic E-state index is 13.7. The molecule has 0 fully saturated rings. The number of fused-ring (bicyclic) bond motifs is 1. The summed E-state index contributed by atoms with van der Waals surface area (Å²) in [6, 6.07) is 23.3. The predicted octanol–water partition coefficient (Wildman–Crippen LogP) is 4.09. The summed E-state index contributed by atoms with van der Waals surface area (Å²) in [7, 11) is 3.13. The second kappa shape index (κ2) is 9.06. The van der Waals surface area contributed by atoms with Crippen molar-refractivity contribution in [3.63, 3.8) is 0 Å². The Labute approximate surface area is 199 Å². The minimum absolute atomic E-state index is 0.262.